The number of piperidine rings is 1. The van der Waals surface area contributed by atoms with Crippen molar-refractivity contribution in [1.82, 2.24) is 4.90 Å². The molecule has 4 heterocycles. The summed E-state index contributed by atoms with van der Waals surface area (Å²) in [7, 11) is 4.56. The summed E-state index contributed by atoms with van der Waals surface area (Å²) in [6, 6.07) is -1.97. The number of fused-ring (bicyclic) bond motifs is 5. The van der Waals surface area contributed by atoms with E-state index in [1.54, 1.807) is 41.1 Å². The predicted molar refractivity (Wildman–Crippen MR) is 244 cm³/mol. The molecule has 1 amide bonds. The summed E-state index contributed by atoms with van der Waals surface area (Å²) < 4.78 is 29.7. The molecule has 65 heavy (non-hydrogen) atoms. The van der Waals surface area contributed by atoms with Crippen LogP contribution in [0.5, 0.6) is 0 Å². The Morgan fingerprint density at radius 2 is 1.57 bits per heavy atom. The monoisotopic (exact) mass is 914 g/mol. The van der Waals surface area contributed by atoms with Gasteiger partial charge in [0.05, 0.1) is 30.5 Å². The summed E-state index contributed by atoms with van der Waals surface area (Å²) in [6.45, 7) is 12.8. The maximum Gasteiger partial charge on any atom is 0.329 e. The largest absolute Gasteiger partial charge is 0.460 e. The van der Waals surface area contributed by atoms with Crippen LogP contribution in [0.3, 0.4) is 0 Å². The molecule has 14 heteroatoms. The highest BCUT2D eigenvalue weighted by molar-refractivity contribution is 5.98. The van der Waals surface area contributed by atoms with Crippen molar-refractivity contribution in [3.05, 3.63) is 47.6 Å². The van der Waals surface area contributed by atoms with Gasteiger partial charge >= 0.3 is 5.97 Å². The molecular weight excluding hydrogens is 835 g/mol. The third kappa shape index (κ3) is 11.6. The molecule has 4 bridgehead atoms. The molecule has 4 aliphatic heterocycles. The molecule has 0 aromatic carbocycles. The van der Waals surface area contributed by atoms with Crippen LogP contribution in [0.1, 0.15) is 126 Å². The number of carbonyl (C=O) groups is 4. The molecule has 5 aliphatic rings. The van der Waals surface area contributed by atoms with Crippen molar-refractivity contribution in [2.75, 3.05) is 21.3 Å². The van der Waals surface area contributed by atoms with Gasteiger partial charge in [-0.3, -0.25) is 14.4 Å². The van der Waals surface area contributed by atoms with Crippen LogP contribution in [0.2, 0.25) is 0 Å². The molecule has 14 nitrogen and oxygen atoms in total. The predicted octanol–water partition coefficient (Wildman–Crippen LogP) is 5.72. The number of allylic oxidation sites excluding steroid dienone is 6. The lowest BCUT2D eigenvalue weighted by Crippen LogP contribution is -2.87. The van der Waals surface area contributed by atoms with Crippen LogP contribution >= 0.6 is 0 Å². The number of hydrogen-bond acceptors (Lipinski definition) is 13. The van der Waals surface area contributed by atoms with Gasteiger partial charge in [0.25, 0.3) is 5.91 Å². The average Bonchev–Trinajstić information content (AvgIpc) is 3.28. The summed E-state index contributed by atoms with van der Waals surface area (Å²) in [6.07, 6.45) is 11.4. The fraction of sp³-hybridized carbons (Fsp3) is 0.765. The number of ketones is 2. The Morgan fingerprint density at radius 1 is 0.846 bits per heavy atom. The van der Waals surface area contributed by atoms with Crippen molar-refractivity contribution in [2.24, 2.45) is 35.5 Å². The van der Waals surface area contributed by atoms with Crippen molar-refractivity contribution in [1.29, 1.82) is 0 Å². The summed E-state index contributed by atoms with van der Waals surface area (Å²) in [5, 5.41) is 46.6. The fourth-order valence-corrected chi connectivity index (χ4v) is 11.2. The minimum atomic E-state index is -2.30. The SMILES string of the molecule is CO[C@H]1CC2CC[C@@H](C)[C@@](O)(O2)[C@]2(O)C(=O)N3C2CCC[C@H]3C(=O)O[C@H]([C@H](C)C[C@@H]2CC[C@@H](O)[C@H](OC)C2)CC(=O)[C@H](C)/C=C(\C)[C@@H](O)[C@@H](OC)C(=O)[C@H](C)C[C@H](C)/C=C/C=C/C=C/1C. The zero-order valence-electron chi connectivity index (χ0n) is 40.5. The van der Waals surface area contributed by atoms with E-state index in [1.807, 2.05) is 58.1 Å². The smallest absolute Gasteiger partial charge is 0.329 e. The standard InChI is InChI=1S/C51H79NO13/c1-29-15-12-11-13-16-30(2)41(61-8)27-37-21-19-35(7)51(60,65-37)50(59)44-18-14-17-38(52(44)49(50)58)48(57)64-42(32(4)25-36-20-22-39(53)43(26-36)62-9)28-40(54)31(3)24-34(6)46(56)47(63-10)45(55)33(5)23-29/h11-13,15-16,24,29,31-33,35-39,41-44,46-47,53,56,59-60H,14,17-23,25-28H2,1-10H3/b13-11+,15-12+,30-16+,34-24+/t29-,31-,32-,33-,35-,36+,37?,38+,39-,41+,42+,43-,44?,46-,47+,50-,51-/m1/s1. The van der Waals surface area contributed by atoms with Crippen LogP contribution in [0.25, 0.3) is 0 Å². The van der Waals surface area contributed by atoms with E-state index in [2.05, 4.69) is 0 Å². The number of rotatable bonds is 6. The second-order valence-electron chi connectivity index (χ2n) is 20.2. The number of amides is 1. The average molecular weight is 914 g/mol. The number of ether oxygens (including phenoxy) is 5. The molecular formula is C51H79NO13. The van der Waals surface area contributed by atoms with E-state index in [0.29, 0.717) is 63.4 Å². The Labute approximate surface area is 386 Å². The first kappa shape index (κ1) is 52.9. The Hall–Kier alpha value is -3.08. The van der Waals surface area contributed by atoms with Gasteiger partial charge in [-0.1, -0.05) is 71.1 Å². The summed E-state index contributed by atoms with van der Waals surface area (Å²) in [4.78, 5) is 57.9. The first-order valence-electron chi connectivity index (χ1n) is 24.1. The molecule has 0 aromatic rings. The van der Waals surface area contributed by atoms with Gasteiger partial charge in [0.2, 0.25) is 11.4 Å². The van der Waals surface area contributed by atoms with Crippen molar-refractivity contribution in [2.45, 2.75) is 192 Å². The lowest BCUT2D eigenvalue weighted by atomic mass is 9.65. The fourth-order valence-electron chi connectivity index (χ4n) is 11.2. The van der Waals surface area contributed by atoms with E-state index >= 15 is 0 Å². The van der Waals surface area contributed by atoms with Gasteiger partial charge in [0.1, 0.15) is 30.1 Å². The zero-order chi connectivity index (χ0) is 48.0. The number of aliphatic hydroxyl groups is 4. The number of Topliss-reactive ketones (excluding diaryl/α,β-unsaturated/α-hetero) is 2. The van der Waals surface area contributed by atoms with E-state index < -0.39 is 83.6 Å². The molecule has 0 aromatic heterocycles. The van der Waals surface area contributed by atoms with Gasteiger partial charge in [-0.05, 0) is 107 Å². The van der Waals surface area contributed by atoms with E-state index in [1.165, 1.54) is 12.0 Å². The second-order valence-corrected chi connectivity index (χ2v) is 20.2. The topological polar surface area (TPSA) is 199 Å². The maximum atomic E-state index is 14.4. The Morgan fingerprint density at radius 3 is 2.25 bits per heavy atom. The van der Waals surface area contributed by atoms with Gasteiger partial charge in [0, 0.05) is 51.9 Å². The highest BCUT2D eigenvalue weighted by atomic mass is 16.7. The van der Waals surface area contributed by atoms with Crippen LogP contribution in [0.4, 0.5) is 0 Å². The van der Waals surface area contributed by atoms with Gasteiger partial charge < -0.3 is 49.0 Å². The number of cyclic esters (lactones) is 1. The lowest BCUT2D eigenvalue weighted by Gasteiger charge is -2.64. The molecule has 0 spiro atoms. The second kappa shape index (κ2) is 22.8. The molecule has 4 N–H and O–H groups in total. The molecule has 366 valence electrons. The van der Waals surface area contributed by atoms with Crippen LogP contribution < -0.4 is 0 Å². The molecule has 1 aliphatic carbocycles. The van der Waals surface area contributed by atoms with Crippen molar-refractivity contribution in [3.8, 4) is 0 Å². The number of esters is 1. The molecule has 1 saturated carbocycles. The highest BCUT2D eigenvalue weighted by Crippen LogP contribution is 2.52. The molecule has 2 unspecified atom stereocenters. The Bertz CT molecular complexity index is 1790. The molecule has 17 atom stereocenters. The Kier molecular flexibility index (Phi) is 18.6. The number of nitrogens with zero attached hydrogens (tertiary/aromatic N) is 1. The van der Waals surface area contributed by atoms with Crippen LogP contribution in [0.15, 0.2) is 47.6 Å². The van der Waals surface area contributed by atoms with Gasteiger partial charge in [-0.15, -0.1) is 0 Å². The van der Waals surface area contributed by atoms with Gasteiger partial charge in [-0.2, -0.15) is 0 Å². The van der Waals surface area contributed by atoms with Crippen LogP contribution in [0, 0.1) is 35.5 Å². The van der Waals surface area contributed by atoms with E-state index in [9.17, 15) is 39.6 Å². The molecule has 0 radical (unpaired) electrons. The van der Waals surface area contributed by atoms with E-state index in [-0.39, 0.29) is 54.4 Å². The lowest BCUT2D eigenvalue weighted by molar-refractivity contribution is -0.376. The summed E-state index contributed by atoms with van der Waals surface area (Å²) in [5.41, 5.74) is -0.994. The zero-order valence-corrected chi connectivity index (χ0v) is 40.5. The quantitative estimate of drug-likeness (QED) is 0.143. The third-order valence-electron chi connectivity index (χ3n) is 15.4. The van der Waals surface area contributed by atoms with Gasteiger partial charge in [0.15, 0.2) is 5.78 Å². The van der Waals surface area contributed by atoms with Crippen molar-refractivity contribution < 1.29 is 63.3 Å². The van der Waals surface area contributed by atoms with Crippen LogP contribution in [-0.2, 0) is 42.9 Å². The first-order chi connectivity index (χ1) is 30.7. The third-order valence-corrected chi connectivity index (χ3v) is 15.4. The number of hydrogen-bond donors (Lipinski definition) is 4. The van der Waals surface area contributed by atoms with E-state index in [4.69, 9.17) is 23.7 Å². The minimum absolute atomic E-state index is 0.0273. The first-order valence-corrected chi connectivity index (χ1v) is 24.1. The highest BCUT2D eigenvalue weighted by Gasteiger charge is 2.75. The number of aliphatic hydroxyl groups excluding tert-OH is 2. The normalized spacial score (nSPS) is 44.1. The number of β-lactam (4-membered cyclic amide) rings is 1. The molecule has 3 saturated heterocycles. The molecule has 4 fully saturated rings. The number of carbonyl (C=O) groups excluding carboxylic acids is 4. The van der Waals surface area contributed by atoms with Crippen molar-refractivity contribution in [3.63, 3.8) is 0 Å². The number of methoxy groups -OCH3 is 3. The van der Waals surface area contributed by atoms with Crippen molar-refractivity contribution >= 4 is 23.4 Å². The summed E-state index contributed by atoms with van der Waals surface area (Å²) >= 11 is 0. The van der Waals surface area contributed by atoms with E-state index in [0.717, 1.165) is 12.0 Å². The Balaban J connectivity index is 1.47. The van der Waals surface area contributed by atoms with Gasteiger partial charge in [-0.25, -0.2) is 4.79 Å². The molecule has 5 rings (SSSR count). The minimum Gasteiger partial charge on any atom is -0.460 e. The summed E-state index contributed by atoms with van der Waals surface area (Å²) in [5.74, 6) is -6.13. The maximum absolute atomic E-state index is 14.4. The van der Waals surface area contributed by atoms with Crippen LogP contribution in [-0.4, -0.2) is 136 Å².